The van der Waals surface area contributed by atoms with Gasteiger partial charge in [0.05, 0.1) is 5.60 Å². The van der Waals surface area contributed by atoms with E-state index in [4.69, 9.17) is 0 Å². The zero-order valence-electron chi connectivity index (χ0n) is 10.5. The van der Waals surface area contributed by atoms with Crippen LogP contribution in [0, 0.1) is 5.92 Å². The summed E-state index contributed by atoms with van der Waals surface area (Å²) < 4.78 is 0. The second-order valence-corrected chi connectivity index (χ2v) is 5.06. The molecular formula is C11H26N2O. The Hall–Kier alpha value is -0.120. The molecule has 0 aromatic rings. The average molecular weight is 202 g/mol. The van der Waals surface area contributed by atoms with Gasteiger partial charge >= 0.3 is 0 Å². The Morgan fingerprint density at radius 3 is 2.14 bits per heavy atom. The molecule has 0 aliphatic carbocycles. The van der Waals surface area contributed by atoms with E-state index in [9.17, 15) is 5.11 Å². The van der Waals surface area contributed by atoms with Gasteiger partial charge in [-0.25, -0.2) is 0 Å². The second-order valence-electron chi connectivity index (χ2n) is 5.06. The van der Waals surface area contributed by atoms with Gasteiger partial charge in [-0.15, -0.1) is 0 Å². The Labute approximate surface area is 88.5 Å². The maximum atomic E-state index is 10.00. The van der Waals surface area contributed by atoms with Crippen LogP contribution in [0.2, 0.25) is 0 Å². The fourth-order valence-electron chi connectivity index (χ4n) is 1.20. The minimum Gasteiger partial charge on any atom is -0.389 e. The van der Waals surface area contributed by atoms with Crippen molar-refractivity contribution in [2.45, 2.75) is 39.3 Å². The standard InChI is InChI=1S/C11H26N2O/c1-9(2)11(4,14)8-12-10(3)7-13(5)6/h9-10,12,14H,7-8H2,1-6H3. The topological polar surface area (TPSA) is 35.5 Å². The molecule has 0 saturated heterocycles. The highest BCUT2D eigenvalue weighted by molar-refractivity contribution is 4.80. The molecule has 0 spiro atoms. The van der Waals surface area contributed by atoms with Gasteiger partial charge in [0.1, 0.15) is 0 Å². The lowest BCUT2D eigenvalue weighted by Crippen LogP contribution is -2.47. The lowest BCUT2D eigenvalue weighted by atomic mass is 9.92. The Balaban J connectivity index is 3.81. The van der Waals surface area contributed by atoms with Crippen molar-refractivity contribution < 1.29 is 5.11 Å². The van der Waals surface area contributed by atoms with Gasteiger partial charge in [0.15, 0.2) is 0 Å². The minimum absolute atomic E-state index is 0.279. The maximum absolute atomic E-state index is 10.00. The molecule has 0 saturated carbocycles. The minimum atomic E-state index is -0.611. The summed E-state index contributed by atoms with van der Waals surface area (Å²) in [6.45, 7) is 9.74. The molecule has 0 aromatic heterocycles. The predicted octanol–water partition coefficient (Wildman–Crippen LogP) is 0.933. The Bertz CT molecular complexity index is 155. The largest absolute Gasteiger partial charge is 0.389 e. The normalized spacial score (nSPS) is 18.6. The van der Waals surface area contributed by atoms with E-state index < -0.39 is 5.60 Å². The molecule has 0 bridgehead atoms. The van der Waals surface area contributed by atoms with Gasteiger partial charge in [-0.3, -0.25) is 0 Å². The van der Waals surface area contributed by atoms with E-state index in [1.807, 2.05) is 20.8 Å². The molecule has 0 aliphatic heterocycles. The number of rotatable bonds is 6. The van der Waals surface area contributed by atoms with Crippen molar-refractivity contribution in [3.63, 3.8) is 0 Å². The summed E-state index contributed by atoms with van der Waals surface area (Å²) in [4.78, 5) is 2.14. The van der Waals surface area contributed by atoms with E-state index >= 15 is 0 Å². The molecule has 0 rings (SSSR count). The van der Waals surface area contributed by atoms with Crippen LogP contribution < -0.4 is 5.32 Å². The predicted molar refractivity (Wildman–Crippen MR) is 61.5 cm³/mol. The van der Waals surface area contributed by atoms with E-state index in [0.29, 0.717) is 12.6 Å². The molecule has 0 aromatic carbocycles. The molecule has 3 nitrogen and oxygen atoms in total. The Kier molecular flexibility index (Phi) is 5.64. The van der Waals surface area contributed by atoms with Crippen molar-refractivity contribution in [2.24, 2.45) is 5.92 Å². The zero-order valence-corrected chi connectivity index (χ0v) is 10.5. The third-order valence-corrected chi connectivity index (χ3v) is 2.69. The van der Waals surface area contributed by atoms with Crippen molar-refractivity contribution in [1.29, 1.82) is 0 Å². The van der Waals surface area contributed by atoms with Crippen LogP contribution >= 0.6 is 0 Å². The summed E-state index contributed by atoms with van der Waals surface area (Å²) in [5.74, 6) is 0.279. The molecule has 0 fully saturated rings. The fraction of sp³-hybridized carbons (Fsp3) is 1.00. The van der Waals surface area contributed by atoms with Crippen LogP contribution in [0.4, 0.5) is 0 Å². The summed E-state index contributed by atoms with van der Waals surface area (Å²) in [5, 5.41) is 13.3. The number of hydrogen-bond acceptors (Lipinski definition) is 3. The number of hydrogen-bond donors (Lipinski definition) is 2. The van der Waals surface area contributed by atoms with Gasteiger partial charge in [0, 0.05) is 19.1 Å². The van der Waals surface area contributed by atoms with Crippen molar-refractivity contribution in [2.75, 3.05) is 27.2 Å². The molecule has 0 aliphatic rings. The van der Waals surface area contributed by atoms with Crippen LogP contribution in [0.5, 0.6) is 0 Å². The molecule has 0 heterocycles. The molecule has 0 amide bonds. The van der Waals surface area contributed by atoms with E-state index in [1.165, 1.54) is 0 Å². The van der Waals surface area contributed by atoms with E-state index in [-0.39, 0.29) is 5.92 Å². The number of likely N-dealkylation sites (N-methyl/N-ethyl adjacent to an activating group) is 1. The first kappa shape index (κ1) is 13.9. The third kappa shape index (κ3) is 5.58. The lowest BCUT2D eigenvalue weighted by molar-refractivity contribution is 0.0116. The number of nitrogens with zero attached hydrogens (tertiary/aromatic N) is 1. The van der Waals surface area contributed by atoms with Crippen molar-refractivity contribution in [3.05, 3.63) is 0 Å². The summed E-state index contributed by atoms with van der Waals surface area (Å²) in [6.07, 6.45) is 0. The maximum Gasteiger partial charge on any atom is 0.0766 e. The van der Waals surface area contributed by atoms with Gasteiger partial charge in [-0.1, -0.05) is 13.8 Å². The van der Waals surface area contributed by atoms with Crippen molar-refractivity contribution >= 4 is 0 Å². The number of aliphatic hydroxyl groups is 1. The van der Waals surface area contributed by atoms with E-state index in [2.05, 4.69) is 31.2 Å². The average Bonchev–Trinajstić information content (AvgIpc) is 1.99. The zero-order chi connectivity index (χ0) is 11.4. The molecule has 86 valence electrons. The van der Waals surface area contributed by atoms with E-state index in [0.717, 1.165) is 6.54 Å². The highest BCUT2D eigenvalue weighted by Gasteiger charge is 2.24. The van der Waals surface area contributed by atoms with Crippen molar-refractivity contribution in [3.8, 4) is 0 Å². The second kappa shape index (κ2) is 5.69. The van der Waals surface area contributed by atoms with Gasteiger partial charge in [-0.2, -0.15) is 0 Å². The van der Waals surface area contributed by atoms with Crippen LogP contribution in [0.15, 0.2) is 0 Å². The monoisotopic (exact) mass is 202 g/mol. The van der Waals surface area contributed by atoms with Crippen LogP contribution in [0.25, 0.3) is 0 Å². The molecule has 0 radical (unpaired) electrons. The highest BCUT2D eigenvalue weighted by atomic mass is 16.3. The first-order valence-electron chi connectivity index (χ1n) is 5.36. The van der Waals surface area contributed by atoms with Crippen LogP contribution in [0.3, 0.4) is 0 Å². The fourth-order valence-corrected chi connectivity index (χ4v) is 1.20. The first-order valence-corrected chi connectivity index (χ1v) is 5.36. The third-order valence-electron chi connectivity index (χ3n) is 2.69. The molecular weight excluding hydrogens is 176 g/mol. The summed E-state index contributed by atoms with van der Waals surface area (Å²) in [6, 6.07) is 0.412. The highest BCUT2D eigenvalue weighted by Crippen LogP contribution is 2.14. The lowest BCUT2D eigenvalue weighted by Gasteiger charge is -2.30. The summed E-state index contributed by atoms with van der Waals surface area (Å²) in [7, 11) is 4.11. The molecule has 3 heteroatoms. The molecule has 2 atom stereocenters. The van der Waals surface area contributed by atoms with Crippen LogP contribution in [-0.2, 0) is 0 Å². The SMILES string of the molecule is CC(CN(C)C)NCC(C)(O)C(C)C. The number of nitrogens with one attached hydrogen (secondary N) is 1. The summed E-state index contributed by atoms with van der Waals surface area (Å²) in [5.41, 5.74) is -0.611. The van der Waals surface area contributed by atoms with Crippen LogP contribution in [-0.4, -0.2) is 48.8 Å². The van der Waals surface area contributed by atoms with Gasteiger partial charge < -0.3 is 15.3 Å². The van der Waals surface area contributed by atoms with Gasteiger partial charge in [0.2, 0.25) is 0 Å². The first-order chi connectivity index (χ1) is 6.25. The Morgan fingerprint density at radius 1 is 1.29 bits per heavy atom. The van der Waals surface area contributed by atoms with Gasteiger partial charge in [0.25, 0.3) is 0 Å². The van der Waals surface area contributed by atoms with Gasteiger partial charge in [-0.05, 0) is 33.9 Å². The summed E-state index contributed by atoms with van der Waals surface area (Å²) >= 11 is 0. The quantitative estimate of drug-likeness (QED) is 0.673. The molecule has 2 N–H and O–H groups in total. The molecule has 14 heavy (non-hydrogen) atoms. The smallest absolute Gasteiger partial charge is 0.0766 e. The van der Waals surface area contributed by atoms with Crippen molar-refractivity contribution in [1.82, 2.24) is 10.2 Å². The Morgan fingerprint density at radius 2 is 1.79 bits per heavy atom. The van der Waals surface area contributed by atoms with Crippen LogP contribution in [0.1, 0.15) is 27.7 Å². The molecule has 2 unspecified atom stereocenters. The van der Waals surface area contributed by atoms with E-state index in [1.54, 1.807) is 0 Å².